The third-order valence-corrected chi connectivity index (χ3v) is 2.98. The van der Waals surface area contributed by atoms with Crippen LogP contribution in [0.5, 0.6) is 0 Å². The zero-order chi connectivity index (χ0) is 13.2. The van der Waals surface area contributed by atoms with Gasteiger partial charge in [-0.3, -0.25) is 9.59 Å². The quantitative estimate of drug-likeness (QED) is 0.645. The van der Waals surface area contributed by atoms with Gasteiger partial charge in [0.2, 0.25) is 5.91 Å². The Labute approximate surface area is 106 Å². The number of amides is 1. The normalized spacial score (nSPS) is 12.5. The number of aromatic nitrogens is 1. The summed E-state index contributed by atoms with van der Waals surface area (Å²) in [7, 11) is 0. The summed E-state index contributed by atoms with van der Waals surface area (Å²) in [5.41, 5.74) is 7.50. The highest BCUT2D eigenvalue weighted by atomic mass is 35.5. The predicted octanol–water partition coefficient (Wildman–Crippen LogP) is 1.79. The van der Waals surface area contributed by atoms with Gasteiger partial charge in [-0.25, -0.2) is 0 Å². The van der Waals surface area contributed by atoms with Crippen LogP contribution in [0, 0.1) is 13.8 Å². The van der Waals surface area contributed by atoms with Gasteiger partial charge in [-0.2, -0.15) is 0 Å². The number of rotatable bonds is 5. The van der Waals surface area contributed by atoms with Gasteiger partial charge >= 0.3 is 0 Å². The third kappa shape index (κ3) is 3.09. The molecule has 94 valence electrons. The van der Waals surface area contributed by atoms with Crippen LogP contribution in [0.15, 0.2) is 6.07 Å². The van der Waals surface area contributed by atoms with Crippen LogP contribution in [0.1, 0.15) is 35.1 Å². The number of halogens is 1. The summed E-state index contributed by atoms with van der Waals surface area (Å²) in [5, 5.41) is -0.542. The first-order valence-electron chi connectivity index (χ1n) is 5.48. The minimum absolute atomic E-state index is 0.0925. The Bertz CT molecular complexity index is 450. The topological polar surface area (TPSA) is 65.1 Å². The van der Waals surface area contributed by atoms with Crippen molar-refractivity contribution in [2.45, 2.75) is 39.1 Å². The van der Waals surface area contributed by atoms with E-state index in [0.717, 1.165) is 11.4 Å². The Morgan fingerprint density at radius 2 is 2.06 bits per heavy atom. The van der Waals surface area contributed by atoms with Gasteiger partial charge in [0.15, 0.2) is 5.78 Å². The molecular weight excluding hydrogens is 240 g/mol. The fraction of sp³-hybridized carbons (Fsp3) is 0.500. The number of hydrogen-bond donors (Lipinski definition) is 1. The number of alkyl halides is 1. The maximum absolute atomic E-state index is 11.8. The number of nitrogens with zero attached hydrogens (tertiary/aromatic N) is 1. The molecule has 1 aromatic heterocycles. The summed E-state index contributed by atoms with van der Waals surface area (Å²) < 4.78 is 1.91. The van der Waals surface area contributed by atoms with Gasteiger partial charge in [-0.1, -0.05) is 0 Å². The summed E-state index contributed by atoms with van der Waals surface area (Å²) in [5.74, 6) is -0.443. The molecule has 1 unspecified atom stereocenters. The van der Waals surface area contributed by atoms with Gasteiger partial charge in [0, 0.05) is 29.9 Å². The summed E-state index contributed by atoms with van der Waals surface area (Å²) in [6, 6.07) is 1.80. The lowest BCUT2D eigenvalue weighted by molar-refractivity contribution is -0.118. The van der Waals surface area contributed by atoms with Crippen LogP contribution in [0.3, 0.4) is 0 Å². The van der Waals surface area contributed by atoms with Crippen LogP contribution in [-0.2, 0) is 11.3 Å². The van der Waals surface area contributed by atoms with E-state index < -0.39 is 5.38 Å². The maximum Gasteiger partial charge on any atom is 0.219 e. The average molecular weight is 257 g/mol. The second-order valence-electron chi connectivity index (χ2n) is 4.13. The standard InChI is InChI=1S/C12H17ClN2O2/c1-7-6-10(12(17)8(2)13)9(3)15(7)5-4-11(14)16/h6,8H,4-5H2,1-3H3,(H2,14,16). The molecule has 0 fully saturated rings. The first-order valence-corrected chi connectivity index (χ1v) is 5.91. The van der Waals surface area contributed by atoms with Crippen molar-refractivity contribution in [1.29, 1.82) is 0 Å². The van der Waals surface area contributed by atoms with Gasteiger partial charge < -0.3 is 10.3 Å². The molecule has 0 saturated carbocycles. The molecule has 5 heteroatoms. The highest BCUT2D eigenvalue weighted by molar-refractivity contribution is 6.33. The van der Waals surface area contributed by atoms with Gasteiger partial charge in [-0.05, 0) is 26.8 Å². The number of Topliss-reactive ketones (excluding diaryl/α,β-unsaturated/α-hetero) is 1. The molecule has 1 heterocycles. The van der Waals surface area contributed by atoms with E-state index in [9.17, 15) is 9.59 Å². The van der Waals surface area contributed by atoms with E-state index >= 15 is 0 Å². The first kappa shape index (κ1) is 13.8. The molecule has 2 N–H and O–H groups in total. The van der Waals surface area contributed by atoms with Gasteiger partial charge in [0.05, 0.1) is 5.38 Å². The van der Waals surface area contributed by atoms with Crippen LogP contribution in [0.2, 0.25) is 0 Å². The average Bonchev–Trinajstić information content (AvgIpc) is 2.50. The lowest BCUT2D eigenvalue weighted by Crippen LogP contribution is -2.16. The molecule has 4 nitrogen and oxygen atoms in total. The van der Waals surface area contributed by atoms with Crippen LogP contribution in [0.25, 0.3) is 0 Å². The SMILES string of the molecule is Cc1cc(C(=O)C(C)Cl)c(C)n1CCC(N)=O. The van der Waals surface area contributed by atoms with E-state index in [4.69, 9.17) is 17.3 Å². The Balaban J connectivity index is 3.01. The van der Waals surface area contributed by atoms with E-state index in [2.05, 4.69) is 0 Å². The molecule has 0 bridgehead atoms. The molecule has 0 aliphatic heterocycles. The Morgan fingerprint density at radius 1 is 1.47 bits per heavy atom. The number of primary amides is 1. The van der Waals surface area contributed by atoms with Crippen molar-refractivity contribution in [3.63, 3.8) is 0 Å². The number of aryl methyl sites for hydroxylation is 1. The second kappa shape index (κ2) is 5.36. The Kier molecular flexibility index (Phi) is 4.34. The van der Waals surface area contributed by atoms with Crippen molar-refractivity contribution < 1.29 is 9.59 Å². The van der Waals surface area contributed by atoms with Crippen LogP contribution >= 0.6 is 11.6 Å². The van der Waals surface area contributed by atoms with Crippen LogP contribution < -0.4 is 5.73 Å². The summed E-state index contributed by atoms with van der Waals surface area (Å²) in [4.78, 5) is 22.6. The van der Waals surface area contributed by atoms with Gasteiger partial charge in [0.25, 0.3) is 0 Å². The maximum atomic E-state index is 11.8. The van der Waals surface area contributed by atoms with Crippen molar-refractivity contribution in [1.82, 2.24) is 4.57 Å². The number of carbonyl (C=O) groups excluding carboxylic acids is 2. The molecule has 0 spiro atoms. The van der Waals surface area contributed by atoms with E-state index in [1.54, 1.807) is 13.0 Å². The van der Waals surface area contributed by atoms with Crippen LogP contribution in [0.4, 0.5) is 0 Å². The fourth-order valence-corrected chi connectivity index (χ4v) is 1.95. The molecule has 1 aromatic rings. The van der Waals surface area contributed by atoms with Crippen molar-refractivity contribution in [2.75, 3.05) is 0 Å². The molecule has 0 aliphatic carbocycles. The third-order valence-electron chi connectivity index (χ3n) is 2.78. The van der Waals surface area contributed by atoms with E-state index in [0.29, 0.717) is 12.1 Å². The zero-order valence-corrected chi connectivity index (χ0v) is 11.0. The Hall–Kier alpha value is -1.29. The molecule has 0 aromatic carbocycles. The van der Waals surface area contributed by atoms with Crippen LogP contribution in [-0.4, -0.2) is 21.6 Å². The number of ketones is 1. The minimum atomic E-state index is -0.542. The highest BCUT2D eigenvalue weighted by Crippen LogP contribution is 2.18. The van der Waals surface area contributed by atoms with Crippen molar-refractivity contribution in [2.24, 2.45) is 5.73 Å². The van der Waals surface area contributed by atoms with Crippen molar-refractivity contribution >= 4 is 23.3 Å². The van der Waals surface area contributed by atoms with Crippen molar-refractivity contribution in [3.05, 3.63) is 23.0 Å². The minimum Gasteiger partial charge on any atom is -0.370 e. The number of nitrogens with two attached hydrogens (primary N) is 1. The summed E-state index contributed by atoms with van der Waals surface area (Å²) in [6.45, 7) is 5.89. The zero-order valence-electron chi connectivity index (χ0n) is 10.3. The molecule has 1 rings (SSSR count). The summed E-state index contributed by atoms with van der Waals surface area (Å²) >= 11 is 5.79. The number of hydrogen-bond acceptors (Lipinski definition) is 2. The van der Waals surface area contributed by atoms with E-state index in [1.807, 2.05) is 18.4 Å². The lowest BCUT2D eigenvalue weighted by atomic mass is 10.1. The molecular formula is C12H17ClN2O2. The predicted molar refractivity (Wildman–Crippen MR) is 67.4 cm³/mol. The number of carbonyl (C=O) groups is 2. The first-order chi connectivity index (χ1) is 7.84. The molecule has 1 atom stereocenters. The second-order valence-corrected chi connectivity index (χ2v) is 4.79. The molecule has 0 aliphatic rings. The van der Waals surface area contributed by atoms with E-state index in [1.165, 1.54) is 0 Å². The fourth-order valence-electron chi connectivity index (χ4n) is 1.83. The van der Waals surface area contributed by atoms with Gasteiger partial charge in [0.1, 0.15) is 0 Å². The Morgan fingerprint density at radius 3 is 2.53 bits per heavy atom. The molecule has 17 heavy (non-hydrogen) atoms. The molecule has 1 amide bonds. The lowest BCUT2D eigenvalue weighted by Gasteiger charge is -2.08. The highest BCUT2D eigenvalue weighted by Gasteiger charge is 2.19. The smallest absolute Gasteiger partial charge is 0.219 e. The monoisotopic (exact) mass is 256 g/mol. The van der Waals surface area contributed by atoms with Gasteiger partial charge in [-0.15, -0.1) is 11.6 Å². The van der Waals surface area contributed by atoms with E-state index in [-0.39, 0.29) is 18.1 Å². The molecule has 0 radical (unpaired) electrons. The van der Waals surface area contributed by atoms with Crippen molar-refractivity contribution in [3.8, 4) is 0 Å². The summed E-state index contributed by atoms with van der Waals surface area (Å²) in [6.07, 6.45) is 0.264. The molecule has 0 saturated heterocycles. The largest absolute Gasteiger partial charge is 0.370 e.